The number of pyridine rings is 2. The van der Waals surface area contributed by atoms with Crippen LogP contribution in [0.4, 0.5) is 21.8 Å². The molecule has 0 atom stereocenters. The maximum Gasteiger partial charge on any atom is 0.253 e. The minimum absolute atomic E-state index is 0.0685. The molecule has 11 heteroatoms. The number of nitrogens with one attached hydrogen (secondary N) is 1. The standard InChI is InChI=1S/C22H21FN8O2/c1-13(2)31-12-26-20-17(31)9-16(27-21(20)23)15-5-6-24-22(28-15)29-18-4-3-14(10-25-18)30-7-8-33-11-19(30)32/h3-6,9-10,12-13H,7-8,11H2,1-2H3,(H,24,25,28,29). The molecule has 33 heavy (non-hydrogen) atoms. The Hall–Kier alpha value is -3.99. The number of carbonyl (C=O) groups excluding carboxylic acids is 1. The summed E-state index contributed by atoms with van der Waals surface area (Å²) in [5.74, 6) is 0.0409. The third kappa shape index (κ3) is 4.10. The largest absolute Gasteiger partial charge is 0.370 e. The van der Waals surface area contributed by atoms with Crippen molar-refractivity contribution in [2.75, 3.05) is 30.0 Å². The number of hydrogen-bond donors (Lipinski definition) is 1. The molecule has 1 fully saturated rings. The number of halogens is 1. The van der Waals surface area contributed by atoms with Gasteiger partial charge in [-0.15, -0.1) is 0 Å². The summed E-state index contributed by atoms with van der Waals surface area (Å²) in [5.41, 5.74) is 2.40. The lowest BCUT2D eigenvalue weighted by atomic mass is 10.2. The minimum Gasteiger partial charge on any atom is -0.370 e. The number of nitrogens with zero attached hydrogens (tertiary/aromatic N) is 7. The summed E-state index contributed by atoms with van der Waals surface area (Å²) in [4.78, 5) is 34.8. The number of anilines is 3. The minimum atomic E-state index is -0.648. The van der Waals surface area contributed by atoms with E-state index in [9.17, 15) is 9.18 Å². The highest BCUT2D eigenvalue weighted by Crippen LogP contribution is 2.25. The second-order valence-corrected chi connectivity index (χ2v) is 7.80. The molecule has 1 aliphatic rings. The number of rotatable bonds is 5. The zero-order chi connectivity index (χ0) is 22.9. The molecule has 168 valence electrons. The van der Waals surface area contributed by atoms with Gasteiger partial charge in [0.1, 0.15) is 17.9 Å². The highest BCUT2D eigenvalue weighted by molar-refractivity contribution is 5.94. The van der Waals surface area contributed by atoms with Crippen LogP contribution in [0.3, 0.4) is 0 Å². The Morgan fingerprint density at radius 3 is 2.76 bits per heavy atom. The number of hydrogen-bond acceptors (Lipinski definition) is 8. The van der Waals surface area contributed by atoms with Crippen molar-refractivity contribution in [1.29, 1.82) is 0 Å². The van der Waals surface area contributed by atoms with Crippen molar-refractivity contribution < 1.29 is 13.9 Å². The maximum atomic E-state index is 14.6. The highest BCUT2D eigenvalue weighted by Gasteiger charge is 2.20. The molecule has 0 bridgehead atoms. The van der Waals surface area contributed by atoms with E-state index in [-0.39, 0.29) is 30.0 Å². The van der Waals surface area contributed by atoms with Crippen LogP contribution in [0.5, 0.6) is 0 Å². The summed E-state index contributed by atoms with van der Waals surface area (Å²) in [7, 11) is 0. The quantitative estimate of drug-likeness (QED) is 0.464. The third-order valence-corrected chi connectivity index (χ3v) is 5.28. The predicted molar refractivity (Wildman–Crippen MR) is 120 cm³/mol. The van der Waals surface area contributed by atoms with Crippen LogP contribution in [0.25, 0.3) is 22.4 Å². The monoisotopic (exact) mass is 448 g/mol. The first kappa shape index (κ1) is 20.9. The van der Waals surface area contributed by atoms with Crippen LogP contribution in [0.2, 0.25) is 0 Å². The Labute approximate surface area is 188 Å². The molecule has 4 aromatic rings. The smallest absolute Gasteiger partial charge is 0.253 e. The zero-order valence-corrected chi connectivity index (χ0v) is 18.1. The van der Waals surface area contributed by atoms with Crippen LogP contribution < -0.4 is 10.2 Å². The van der Waals surface area contributed by atoms with Gasteiger partial charge >= 0.3 is 0 Å². The molecular weight excluding hydrogens is 427 g/mol. The maximum absolute atomic E-state index is 14.6. The molecular formula is C22H21FN8O2. The molecule has 1 N–H and O–H groups in total. The number of imidazole rings is 1. The highest BCUT2D eigenvalue weighted by atomic mass is 19.1. The molecule has 0 aromatic carbocycles. The lowest BCUT2D eigenvalue weighted by Gasteiger charge is -2.26. The molecule has 4 aromatic heterocycles. The van der Waals surface area contributed by atoms with Gasteiger partial charge < -0.3 is 19.5 Å². The normalized spacial score (nSPS) is 14.3. The van der Waals surface area contributed by atoms with Crippen molar-refractivity contribution in [2.45, 2.75) is 19.9 Å². The number of fused-ring (bicyclic) bond motifs is 1. The van der Waals surface area contributed by atoms with Gasteiger partial charge in [-0.05, 0) is 38.1 Å². The summed E-state index contributed by atoms with van der Waals surface area (Å²) < 4.78 is 21.6. The van der Waals surface area contributed by atoms with Crippen molar-refractivity contribution in [3.63, 3.8) is 0 Å². The van der Waals surface area contributed by atoms with Crippen molar-refractivity contribution in [3.05, 3.63) is 48.9 Å². The number of ether oxygens (including phenoxy) is 1. The number of carbonyl (C=O) groups is 1. The van der Waals surface area contributed by atoms with Gasteiger partial charge in [0.25, 0.3) is 5.91 Å². The van der Waals surface area contributed by atoms with E-state index in [0.717, 1.165) is 0 Å². The Bertz CT molecular complexity index is 1320. The predicted octanol–water partition coefficient (Wildman–Crippen LogP) is 3.11. The number of aromatic nitrogens is 6. The van der Waals surface area contributed by atoms with E-state index < -0.39 is 5.95 Å². The van der Waals surface area contributed by atoms with E-state index in [4.69, 9.17) is 4.74 Å². The molecule has 5 heterocycles. The van der Waals surface area contributed by atoms with E-state index in [2.05, 4.69) is 30.2 Å². The molecule has 10 nitrogen and oxygen atoms in total. The fourth-order valence-electron chi connectivity index (χ4n) is 3.62. The van der Waals surface area contributed by atoms with E-state index in [0.29, 0.717) is 41.6 Å². The van der Waals surface area contributed by atoms with Crippen molar-refractivity contribution in [2.24, 2.45) is 0 Å². The van der Waals surface area contributed by atoms with E-state index in [1.807, 2.05) is 18.4 Å². The molecule has 0 aliphatic carbocycles. The van der Waals surface area contributed by atoms with Crippen LogP contribution in [-0.2, 0) is 9.53 Å². The van der Waals surface area contributed by atoms with Gasteiger partial charge in [-0.25, -0.2) is 24.9 Å². The molecule has 1 amide bonds. The summed E-state index contributed by atoms with van der Waals surface area (Å²) >= 11 is 0. The third-order valence-electron chi connectivity index (χ3n) is 5.28. The molecule has 5 rings (SSSR count). The lowest BCUT2D eigenvalue weighted by Crippen LogP contribution is -2.41. The SMILES string of the molecule is CC(C)n1cnc2c(F)nc(-c3ccnc(Nc4ccc(N5CCOCC5=O)cn4)n3)cc21. The summed E-state index contributed by atoms with van der Waals surface area (Å²) in [5, 5.41) is 3.03. The van der Waals surface area contributed by atoms with Crippen LogP contribution in [0, 0.1) is 5.95 Å². The average Bonchev–Trinajstić information content (AvgIpc) is 3.25. The topological polar surface area (TPSA) is 111 Å². The zero-order valence-electron chi connectivity index (χ0n) is 18.1. The Morgan fingerprint density at radius 2 is 2.00 bits per heavy atom. The van der Waals surface area contributed by atoms with E-state index in [1.165, 1.54) is 0 Å². The van der Waals surface area contributed by atoms with Gasteiger partial charge in [-0.2, -0.15) is 4.39 Å². The second kappa shape index (κ2) is 8.51. The van der Waals surface area contributed by atoms with E-state index in [1.54, 1.807) is 47.9 Å². The van der Waals surface area contributed by atoms with Crippen molar-refractivity contribution in [3.8, 4) is 11.4 Å². The van der Waals surface area contributed by atoms with Crippen LogP contribution in [0.15, 0.2) is 43.0 Å². The van der Waals surface area contributed by atoms with Gasteiger partial charge in [0.05, 0.1) is 41.7 Å². The fourth-order valence-corrected chi connectivity index (χ4v) is 3.62. The first-order valence-corrected chi connectivity index (χ1v) is 10.5. The summed E-state index contributed by atoms with van der Waals surface area (Å²) in [6, 6.07) is 7.08. The van der Waals surface area contributed by atoms with Crippen LogP contribution >= 0.6 is 0 Å². The lowest BCUT2D eigenvalue weighted by molar-refractivity contribution is -0.125. The van der Waals surface area contributed by atoms with Gasteiger partial charge in [0.15, 0.2) is 0 Å². The summed E-state index contributed by atoms with van der Waals surface area (Å²) in [6.45, 7) is 5.05. The Balaban J connectivity index is 1.40. The Kier molecular flexibility index (Phi) is 5.38. The van der Waals surface area contributed by atoms with Crippen molar-refractivity contribution >= 4 is 34.4 Å². The molecule has 0 saturated carbocycles. The number of amides is 1. The molecule has 0 spiro atoms. The molecule has 1 aliphatic heterocycles. The van der Waals surface area contributed by atoms with Gasteiger partial charge in [0.2, 0.25) is 11.9 Å². The molecule has 1 saturated heterocycles. The van der Waals surface area contributed by atoms with Crippen LogP contribution in [0.1, 0.15) is 19.9 Å². The van der Waals surface area contributed by atoms with E-state index >= 15 is 0 Å². The van der Waals surface area contributed by atoms with Crippen LogP contribution in [-0.4, -0.2) is 55.2 Å². The second-order valence-electron chi connectivity index (χ2n) is 7.80. The van der Waals surface area contributed by atoms with Gasteiger partial charge in [0, 0.05) is 18.8 Å². The van der Waals surface area contributed by atoms with Gasteiger partial charge in [-0.1, -0.05) is 0 Å². The van der Waals surface area contributed by atoms with Gasteiger partial charge in [-0.3, -0.25) is 4.79 Å². The molecule has 0 unspecified atom stereocenters. The molecule has 0 radical (unpaired) electrons. The first-order valence-electron chi connectivity index (χ1n) is 10.5. The Morgan fingerprint density at radius 1 is 1.12 bits per heavy atom. The first-order chi connectivity index (χ1) is 16.0. The number of morpholine rings is 1. The fraction of sp³-hybridized carbons (Fsp3) is 0.273. The average molecular weight is 448 g/mol. The van der Waals surface area contributed by atoms with Crippen molar-refractivity contribution in [1.82, 2.24) is 29.5 Å². The summed E-state index contributed by atoms with van der Waals surface area (Å²) in [6.07, 6.45) is 4.78.